The van der Waals surface area contributed by atoms with Crippen molar-refractivity contribution < 1.29 is 4.74 Å². The summed E-state index contributed by atoms with van der Waals surface area (Å²) >= 11 is 0. The molecule has 3 unspecified atom stereocenters. The summed E-state index contributed by atoms with van der Waals surface area (Å²) in [5, 5.41) is 6.34. The number of likely N-dealkylation sites (N-methyl/N-ethyl adjacent to an activating group) is 1. The molecule has 0 amide bonds. The summed E-state index contributed by atoms with van der Waals surface area (Å²) in [4.78, 5) is 0. The molecule has 1 fully saturated rings. The monoisotopic (exact) mass is 283 g/mol. The molecule has 2 nitrogen and oxygen atoms in total. The first-order valence-corrected chi connectivity index (χ1v) is 8.11. The van der Waals surface area contributed by atoms with Gasteiger partial charge in [0.2, 0.25) is 0 Å². The first-order chi connectivity index (χ1) is 10.3. The lowest BCUT2D eigenvalue weighted by Crippen LogP contribution is -2.43. The molecule has 0 spiro atoms. The van der Waals surface area contributed by atoms with Crippen LogP contribution in [0.15, 0.2) is 42.5 Å². The van der Waals surface area contributed by atoms with Crippen molar-refractivity contribution in [2.75, 3.05) is 13.2 Å². The number of benzene rings is 2. The zero-order valence-electron chi connectivity index (χ0n) is 13.0. The molecule has 3 atom stereocenters. The van der Waals surface area contributed by atoms with E-state index in [4.69, 9.17) is 4.74 Å². The van der Waals surface area contributed by atoms with Crippen LogP contribution >= 0.6 is 0 Å². The Morgan fingerprint density at radius 3 is 2.76 bits per heavy atom. The zero-order valence-corrected chi connectivity index (χ0v) is 13.0. The SMILES string of the molecule is CCNC(Cc1cccc2ccccc12)C1OCCC1C. The van der Waals surface area contributed by atoms with Gasteiger partial charge in [-0.1, -0.05) is 56.3 Å². The fourth-order valence-corrected chi connectivity index (χ4v) is 3.51. The molecule has 1 saturated heterocycles. The summed E-state index contributed by atoms with van der Waals surface area (Å²) < 4.78 is 6.00. The first-order valence-electron chi connectivity index (χ1n) is 8.11. The van der Waals surface area contributed by atoms with Gasteiger partial charge in [-0.3, -0.25) is 0 Å². The van der Waals surface area contributed by atoms with Gasteiger partial charge in [-0.2, -0.15) is 0 Å². The van der Waals surface area contributed by atoms with E-state index < -0.39 is 0 Å². The van der Waals surface area contributed by atoms with E-state index in [1.54, 1.807) is 0 Å². The fourth-order valence-electron chi connectivity index (χ4n) is 3.51. The number of hydrogen-bond donors (Lipinski definition) is 1. The zero-order chi connectivity index (χ0) is 14.7. The van der Waals surface area contributed by atoms with Gasteiger partial charge in [-0.15, -0.1) is 0 Å². The smallest absolute Gasteiger partial charge is 0.0757 e. The molecule has 2 aromatic rings. The molecule has 1 aliphatic heterocycles. The Balaban J connectivity index is 1.87. The largest absolute Gasteiger partial charge is 0.376 e. The molecule has 112 valence electrons. The second kappa shape index (κ2) is 6.59. The van der Waals surface area contributed by atoms with Crippen molar-refractivity contribution in [1.29, 1.82) is 0 Å². The standard InChI is InChI=1S/C19H25NO/c1-3-20-18(19-14(2)11-12-21-19)13-16-9-6-8-15-7-4-5-10-17(15)16/h4-10,14,18-20H,3,11-13H2,1-2H3. The van der Waals surface area contributed by atoms with E-state index in [-0.39, 0.29) is 0 Å². The van der Waals surface area contributed by atoms with E-state index >= 15 is 0 Å². The summed E-state index contributed by atoms with van der Waals surface area (Å²) in [5.74, 6) is 0.643. The molecular weight excluding hydrogens is 258 g/mol. The van der Waals surface area contributed by atoms with E-state index in [1.807, 2.05) is 0 Å². The third-order valence-electron chi connectivity index (χ3n) is 4.63. The average Bonchev–Trinajstić information content (AvgIpc) is 2.93. The molecular formula is C19H25NO. The van der Waals surface area contributed by atoms with Crippen molar-refractivity contribution in [2.45, 2.75) is 38.8 Å². The highest BCUT2D eigenvalue weighted by Gasteiger charge is 2.31. The van der Waals surface area contributed by atoms with Crippen LogP contribution in [0.1, 0.15) is 25.8 Å². The third kappa shape index (κ3) is 3.12. The van der Waals surface area contributed by atoms with Crippen LogP contribution < -0.4 is 5.32 Å². The lowest BCUT2D eigenvalue weighted by Gasteiger charge is -2.27. The second-order valence-corrected chi connectivity index (χ2v) is 6.11. The fraction of sp³-hybridized carbons (Fsp3) is 0.474. The lowest BCUT2D eigenvalue weighted by molar-refractivity contribution is 0.0616. The van der Waals surface area contributed by atoms with Crippen LogP contribution in [0.2, 0.25) is 0 Å². The van der Waals surface area contributed by atoms with Crippen molar-refractivity contribution in [3.05, 3.63) is 48.0 Å². The average molecular weight is 283 g/mol. The van der Waals surface area contributed by atoms with Gasteiger partial charge in [0, 0.05) is 12.6 Å². The maximum atomic E-state index is 6.00. The molecule has 2 aromatic carbocycles. The van der Waals surface area contributed by atoms with Gasteiger partial charge < -0.3 is 10.1 Å². The normalized spacial score (nSPS) is 23.5. The first kappa shape index (κ1) is 14.6. The summed E-state index contributed by atoms with van der Waals surface area (Å²) in [6, 6.07) is 15.7. The number of fused-ring (bicyclic) bond motifs is 1. The van der Waals surface area contributed by atoms with Crippen molar-refractivity contribution in [3.8, 4) is 0 Å². The van der Waals surface area contributed by atoms with Gasteiger partial charge in [0.05, 0.1) is 6.10 Å². The number of rotatable bonds is 5. The van der Waals surface area contributed by atoms with Crippen molar-refractivity contribution in [2.24, 2.45) is 5.92 Å². The highest BCUT2D eigenvalue weighted by atomic mass is 16.5. The highest BCUT2D eigenvalue weighted by Crippen LogP contribution is 2.27. The van der Waals surface area contributed by atoms with Gasteiger partial charge in [0.15, 0.2) is 0 Å². The van der Waals surface area contributed by atoms with Crippen molar-refractivity contribution >= 4 is 10.8 Å². The summed E-state index contributed by atoms with van der Waals surface area (Å²) in [7, 11) is 0. The van der Waals surface area contributed by atoms with E-state index in [1.165, 1.54) is 22.8 Å². The van der Waals surface area contributed by atoms with Gasteiger partial charge >= 0.3 is 0 Å². The Morgan fingerprint density at radius 2 is 2.00 bits per heavy atom. The van der Waals surface area contributed by atoms with Gasteiger partial charge in [0.1, 0.15) is 0 Å². The highest BCUT2D eigenvalue weighted by molar-refractivity contribution is 5.85. The summed E-state index contributed by atoms with van der Waals surface area (Å²) in [6.07, 6.45) is 2.55. The van der Waals surface area contributed by atoms with Gasteiger partial charge in [-0.25, -0.2) is 0 Å². The topological polar surface area (TPSA) is 21.3 Å². The van der Waals surface area contributed by atoms with Crippen LogP contribution in [0.25, 0.3) is 10.8 Å². The number of nitrogens with one attached hydrogen (secondary N) is 1. The van der Waals surface area contributed by atoms with Crippen LogP contribution in [0.5, 0.6) is 0 Å². The minimum absolute atomic E-state index is 0.337. The van der Waals surface area contributed by atoms with E-state index in [9.17, 15) is 0 Å². The van der Waals surface area contributed by atoms with Gasteiger partial charge in [0.25, 0.3) is 0 Å². The Kier molecular flexibility index (Phi) is 4.57. The molecule has 0 aliphatic carbocycles. The van der Waals surface area contributed by atoms with Crippen LogP contribution in [-0.4, -0.2) is 25.3 Å². The molecule has 1 heterocycles. The van der Waals surface area contributed by atoms with Crippen molar-refractivity contribution in [3.63, 3.8) is 0 Å². The number of ether oxygens (including phenoxy) is 1. The predicted molar refractivity (Wildman–Crippen MR) is 88.6 cm³/mol. The molecule has 1 N–H and O–H groups in total. The Hall–Kier alpha value is -1.38. The minimum Gasteiger partial charge on any atom is -0.376 e. The van der Waals surface area contributed by atoms with Crippen LogP contribution in [0.4, 0.5) is 0 Å². The predicted octanol–water partition coefficient (Wildman–Crippen LogP) is 3.79. The Labute approximate surface area is 127 Å². The van der Waals surface area contributed by atoms with E-state index in [0.29, 0.717) is 18.1 Å². The van der Waals surface area contributed by atoms with E-state index in [2.05, 4.69) is 61.6 Å². The maximum absolute atomic E-state index is 6.00. The van der Waals surface area contributed by atoms with Crippen LogP contribution in [0, 0.1) is 5.92 Å². The molecule has 1 aliphatic rings. The Morgan fingerprint density at radius 1 is 1.19 bits per heavy atom. The molecule has 0 saturated carbocycles. The summed E-state index contributed by atoms with van der Waals surface area (Å²) in [5.41, 5.74) is 1.42. The van der Waals surface area contributed by atoms with Crippen LogP contribution in [0.3, 0.4) is 0 Å². The van der Waals surface area contributed by atoms with Crippen LogP contribution in [-0.2, 0) is 11.2 Å². The molecule has 3 rings (SSSR count). The second-order valence-electron chi connectivity index (χ2n) is 6.11. The quantitative estimate of drug-likeness (QED) is 0.901. The molecule has 0 radical (unpaired) electrons. The third-order valence-corrected chi connectivity index (χ3v) is 4.63. The minimum atomic E-state index is 0.337. The maximum Gasteiger partial charge on any atom is 0.0757 e. The Bertz CT molecular complexity index is 590. The van der Waals surface area contributed by atoms with E-state index in [0.717, 1.165) is 19.6 Å². The molecule has 2 heteroatoms. The lowest BCUT2D eigenvalue weighted by atomic mass is 9.91. The van der Waals surface area contributed by atoms with Gasteiger partial charge in [-0.05, 0) is 41.6 Å². The number of hydrogen-bond acceptors (Lipinski definition) is 2. The molecule has 21 heavy (non-hydrogen) atoms. The molecule has 0 bridgehead atoms. The summed E-state index contributed by atoms with van der Waals surface area (Å²) in [6.45, 7) is 6.38. The molecule has 0 aromatic heterocycles. The van der Waals surface area contributed by atoms with Crippen molar-refractivity contribution in [1.82, 2.24) is 5.32 Å².